The molecule has 0 bridgehead atoms. The minimum atomic E-state index is -0.153. The van der Waals surface area contributed by atoms with E-state index in [1.54, 1.807) is 13.0 Å². The molecule has 0 saturated heterocycles. The second kappa shape index (κ2) is 4.85. The SMILES string of the molecule is Cc1cc(C(=O)NCc2nc3ccccc3[nH]2)c(C)o1. The molecular formula is C15H15N3O2. The quantitative estimate of drug-likeness (QED) is 0.768. The highest BCUT2D eigenvalue weighted by atomic mass is 16.3. The topological polar surface area (TPSA) is 70.9 Å². The lowest BCUT2D eigenvalue weighted by Crippen LogP contribution is -2.23. The maximum absolute atomic E-state index is 12.1. The molecule has 1 amide bonds. The molecule has 2 aromatic heterocycles. The van der Waals surface area contributed by atoms with Crippen molar-refractivity contribution in [1.82, 2.24) is 15.3 Å². The first-order valence-electron chi connectivity index (χ1n) is 6.42. The van der Waals surface area contributed by atoms with Gasteiger partial charge in [0.25, 0.3) is 5.91 Å². The summed E-state index contributed by atoms with van der Waals surface area (Å²) in [4.78, 5) is 19.6. The molecule has 102 valence electrons. The number of hydrogen-bond acceptors (Lipinski definition) is 3. The van der Waals surface area contributed by atoms with Crippen molar-refractivity contribution in [1.29, 1.82) is 0 Å². The molecule has 5 heteroatoms. The van der Waals surface area contributed by atoms with Gasteiger partial charge in [0, 0.05) is 0 Å². The van der Waals surface area contributed by atoms with Crippen LogP contribution < -0.4 is 5.32 Å². The number of aromatic nitrogens is 2. The number of nitrogens with zero attached hydrogens (tertiary/aromatic N) is 1. The van der Waals surface area contributed by atoms with Crippen molar-refractivity contribution < 1.29 is 9.21 Å². The largest absolute Gasteiger partial charge is 0.466 e. The average Bonchev–Trinajstić information content (AvgIpc) is 2.98. The van der Waals surface area contributed by atoms with Crippen LogP contribution in [0.15, 0.2) is 34.7 Å². The zero-order chi connectivity index (χ0) is 14.1. The molecule has 0 aliphatic rings. The van der Waals surface area contributed by atoms with E-state index in [0.717, 1.165) is 22.6 Å². The molecule has 2 heterocycles. The van der Waals surface area contributed by atoms with Gasteiger partial charge in [-0.1, -0.05) is 12.1 Å². The zero-order valence-corrected chi connectivity index (χ0v) is 11.4. The number of rotatable bonds is 3. The van der Waals surface area contributed by atoms with Crippen molar-refractivity contribution in [2.45, 2.75) is 20.4 Å². The molecule has 0 aliphatic heterocycles. The van der Waals surface area contributed by atoms with E-state index < -0.39 is 0 Å². The van der Waals surface area contributed by atoms with E-state index in [4.69, 9.17) is 4.42 Å². The van der Waals surface area contributed by atoms with Crippen molar-refractivity contribution in [2.75, 3.05) is 0 Å². The molecule has 3 aromatic rings. The number of imidazole rings is 1. The number of hydrogen-bond donors (Lipinski definition) is 2. The van der Waals surface area contributed by atoms with Gasteiger partial charge in [-0.25, -0.2) is 4.98 Å². The number of H-pyrrole nitrogens is 1. The van der Waals surface area contributed by atoms with Crippen LogP contribution in [0, 0.1) is 13.8 Å². The lowest BCUT2D eigenvalue weighted by Gasteiger charge is -2.01. The van der Waals surface area contributed by atoms with Gasteiger partial charge in [-0.3, -0.25) is 4.79 Å². The summed E-state index contributed by atoms with van der Waals surface area (Å²) in [7, 11) is 0. The Balaban J connectivity index is 1.73. The number of nitrogens with one attached hydrogen (secondary N) is 2. The van der Waals surface area contributed by atoms with Crippen LogP contribution in [0.2, 0.25) is 0 Å². The van der Waals surface area contributed by atoms with Gasteiger partial charge < -0.3 is 14.7 Å². The Morgan fingerprint density at radius 2 is 2.15 bits per heavy atom. The number of aryl methyl sites for hydroxylation is 2. The van der Waals surface area contributed by atoms with Crippen molar-refractivity contribution >= 4 is 16.9 Å². The zero-order valence-electron chi connectivity index (χ0n) is 11.4. The smallest absolute Gasteiger partial charge is 0.255 e. The number of aromatic amines is 1. The normalized spacial score (nSPS) is 10.9. The third-order valence-electron chi connectivity index (χ3n) is 3.14. The lowest BCUT2D eigenvalue weighted by molar-refractivity contribution is 0.0948. The molecule has 0 saturated carbocycles. The van der Waals surface area contributed by atoms with Gasteiger partial charge in [-0.15, -0.1) is 0 Å². The molecule has 0 spiro atoms. The highest BCUT2D eigenvalue weighted by Crippen LogP contribution is 2.14. The van der Waals surface area contributed by atoms with Gasteiger partial charge in [0.15, 0.2) is 0 Å². The first-order valence-corrected chi connectivity index (χ1v) is 6.42. The van der Waals surface area contributed by atoms with Gasteiger partial charge in [0.05, 0.1) is 23.1 Å². The van der Waals surface area contributed by atoms with E-state index >= 15 is 0 Å². The van der Waals surface area contributed by atoms with Crippen molar-refractivity contribution in [3.8, 4) is 0 Å². The Hall–Kier alpha value is -2.56. The number of carbonyl (C=O) groups excluding carboxylic acids is 1. The van der Waals surface area contributed by atoms with Gasteiger partial charge in [0.1, 0.15) is 17.3 Å². The molecule has 0 radical (unpaired) electrons. The highest BCUT2D eigenvalue weighted by molar-refractivity contribution is 5.95. The van der Waals surface area contributed by atoms with Crippen LogP contribution in [0.5, 0.6) is 0 Å². The fraction of sp³-hybridized carbons (Fsp3) is 0.200. The molecule has 0 unspecified atom stereocenters. The molecule has 5 nitrogen and oxygen atoms in total. The van der Waals surface area contributed by atoms with Gasteiger partial charge >= 0.3 is 0 Å². The van der Waals surface area contributed by atoms with Gasteiger partial charge in [0.2, 0.25) is 0 Å². The predicted molar refractivity (Wildman–Crippen MR) is 75.4 cm³/mol. The van der Waals surface area contributed by atoms with E-state index in [1.807, 2.05) is 31.2 Å². The molecule has 20 heavy (non-hydrogen) atoms. The number of benzene rings is 1. The summed E-state index contributed by atoms with van der Waals surface area (Å²) in [5.41, 5.74) is 2.43. The minimum absolute atomic E-state index is 0.153. The van der Waals surface area contributed by atoms with E-state index in [0.29, 0.717) is 17.9 Å². The number of para-hydroxylation sites is 2. The standard InChI is InChI=1S/C15H15N3O2/c1-9-7-11(10(2)20-9)15(19)16-8-14-17-12-5-3-4-6-13(12)18-14/h3-7H,8H2,1-2H3,(H,16,19)(H,17,18). The van der Waals surface area contributed by atoms with Crippen LogP contribution in [-0.4, -0.2) is 15.9 Å². The molecule has 0 fully saturated rings. The van der Waals surface area contributed by atoms with Gasteiger partial charge in [-0.2, -0.15) is 0 Å². The van der Waals surface area contributed by atoms with Crippen LogP contribution in [0.1, 0.15) is 27.7 Å². The summed E-state index contributed by atoms with van der Waals surface area (Å²) < 4.78 is 5.35. The third kappa shape index (κ3) is 2.30. The summed E-state index contributed by atoms with van der Waals surface area (Å²) in [6.45, 7) is 3.96. The van der Waals surface area contributed by atoms with E-state index in [1.165, 1.54) is 0 Å². The third-order valence-corrected chi connectivity index (χ3v) is 3.14. The van der Waals surface area contributed by atoms with Crippen LogP contribution in [0.3, 0.4) is 0 Å². The summed E-state index contributed by atoms with van der Waals surface area (Å²) in [6, 6.07) is 9.50. The maximum Gasteiger partial charge on any atom is 0.255 e. The fourth-order valence-electron chi connectivity index (χ4n) is 2.20. The van der Waals surface area contributed by atoms with E-state index in [2.05, 4.69) is 15.3 Å². The molecule has 3 rings (SSSR count). The Morgan fingerprint density at radius 1 is 1.35 bits per heavy atom. The molecular weight excluding hydrogens is 254 g/mol. The van der Waals surface area contributed by atoms with E-state index in [-0.39, 0.29) is 5.91 Å². The van der Waals surface area contributed by atoms with Crippen LogP contribution in [-0.2, 0) is 6.54 Å². The first-order chi connectivity index (χ1) is 9.63. The highest BCUT2D eigenvalue weighted by Gasteiger charge is 2.13. The Bertz CT molecular complexity index is 737. The second-order valence-electron chi connectivity index (χ2n) is 4.71. The summed E-state index contributed by atoms with van der Waals surface area (Å²) in [6.07, 6.45) is 0. The molecule has 0 atom stereocenters. The van der Waals surface area contributed by atoms with Crippen LogP contribution in [0.25, 0.3) is 11.0 Å². The number of fused-ring (bicyclic) bond motifs is 1. The summed E-state index contributed by atoms with van der Waals surface area (Å²) in [5, 5.41) is 2.84. The Labute approximate surface area is 116 Å². The molecule has 0 aliphatic carbocycles. The first kappa shape index (κ1) is 12.5. The number of amides is 1. The number of carbonyl (C=O) groups is 1. The molecule has 2 N–H and O–H groups in total. The van der Waals surface area contributed by atoms with Crippen LogP contribution in [0.4, 0.5) is 0 Å². The molecule has 1 aromatic carbocycles. The van der Waals surface area contributed by atoms with Crippen molar-refractivity contribution in [3.63, 3.8) is 0 Å². The van der Waals surface area contributed by atoms with E-state index in [9.17, 15) is 4.79 Å². The maximum atomic E-state index is 12.1. The fourth-order valence-corrected chi connectivity index (χ4v) is 2.20. The number of furan rings is 1. The second-order valence-corrected chi connectivity index (χ2v) is 4.71. The minimum Gasteiger partial charge on any atom is -0.466 e. The Kier molecular flexibility index (Phi) is 3.02. The summed E-state index contributed by atoms with van der Waals surface area (Å²) >= 11 is 0. The Morgan fingerprint density at radius 3 is 2.85 bits per heavy atom. The summed E-state index contributed by atoms with van der Waals surface area (Å²) in [5.74, 6) is 1.94. The average molecular weight is 269 g/mol. The lowest BCUT2D eigenvalue weighted by atomic mass is 10.2. The van der Waals surface area contributed by atoms with Crippen molar-refractivity contribution in [3.05, 3.63) is 53.2 Å². The van der Waals surface area contributed by atoms with Crippen LogP contribution >= 0.6 is 0 Å². The van der Waals surface area contributed by atoms with Crippen molar-refractivity contribution in [2.24, 2.45) is 0 Å². The monoisotopic (exact) mass is 269 g/mol. The predicted octanol–water partition coefficient (Wildman–Crippen LogP) is 2.70. The van der Waals surface area contributed by atoms with Gasteiger partial charge in [-0.05, 0) is 32.0 Å².